The van der Waals surface area contributed by atoms with Gasteiger partial charge in [0.25, 0.3) is 0 Å². The number of carbonyl (C=O) groups is 2. The maximum atomic E-state index is 13.9. The second-order valence-electron chi connectivity index (χ2n) is 9.57. The molecule has 2 aliphatic carbocycles. The van der Waals surface area contributed by atoms with Crippen molar-refractivity contribution in [1.29, 1.82) is 0 Å². The van der Waals surface area contributed by atoms with Crippen molar-refractivity contribution < 1.29 is 9.59 Å². The van der Waals surface area contributed by atoms with Gasteiger partial charge in [-0.25, -0.2) is 0 Å². The molecule has 0 saturated heterocycles. The first-order valence-electron chi connectivity index (χ1n) is 11.9. The van der Waals surface area contributed by atoms with Gasteiger partial charge in [-0.15, -0.1) is 0 Å². The van der Waals surface area contributed by atoms with Gasteiger partial charge in [0.05, 0.1) is 6.54 Å². The molecule has 2 N–H and O–H groups in total. The van der Waals surface area contributed by atoms with Crippen LogP contribution in [0, 0.1) is 0 Å². The number of rotatable bonds is 7. The fourth-order valence-corrected chi connectivity index (χ4v) is 5.99. The molecule has 2 saturated carbocycles. The van der Waals surface area contributed by atoms with Crippen molar-refractivity contribution in [3.05, 3.63) is 63.6 Å². The summed E-state index contributed by atoms with van der Waals surface area (Å²) in [6.45, 7) is 0.192. The number of benzene rings is 2. The van der Waals surface area contributed by atoms with Crippen molar-refractivity contribution in [3.8, 4) is 0 Å². The maximum absolute atomic E-state index is 13.9. The number of hydrogen-bond acceptors (Lipinski definition) is 3. The van der Waals surface area contributed by atoms with Crippen LogP contribution in [0.3, 0.4) is 0 Å². The van der Waals surface area contributed by atoms with Crippen LogP contribution in [0.5, 0.6) is 0 Å². The predicted octanol–water partition coefficient (Wildman–Crippen LogP) is 5.30. The summed E-state index contributed by atoms with van der Waals surface area (Å²) in [6.07, 6.45) is 7.82. The molecule has 7 heteroatoms. The zero-order valence-corrected chi connectivity index (χ0v) is 20.1. The third-order valence-corrected chi connectivity index (χ3v) is 7.91. The molecule has 5 rings (SSSR count). The lowest BCUT2D eigenvalue weighted by molar-refractivity contribution is -0.134. The van der Waals surface area contributed by atoms with Gasteiger partial charge in [-0.3, -0.25) is 14.5 Å². The zero-order chi connectivity index (χ0) is 23.0. The Balaban J connectivity index is 1.59. The Morgan fingerprint density at radius 3 is 2.48 bits per heavy atom. The van der Waals surface area contributed by atoms with Gasteiger partial charge in [-0.05, 0) is 61.9 Å². The van der Waals surface area contributed by atoms with Crippen LogP contribution in [0.1, 0.15) is 56.1 Å². The van der Waals surface area contributed by atoms with Crippen molar-refractivity contribution in [1.82, 2.24) is 10.2 Å². The molecule has 2 fully saturated rings. The van der Waals surface area contributed by atoms with Gasteiger partial charge in [-0.1, -0.05) is 54.2 Å². The number of fused-ring (bicyclic) bond motifs is 1. The van der Waals surface area contributed by atoms with E-state index in [9.17, 15) is 9.59 Å². The Labute approximate surface area is 204 Å². The van der Waals surface area contributed by atoms with Crippen LogP contribution in [0.2, 0.25) is 10.0 Å². The normalized spacial score (nSPS) is 22.8. The van der Waals surface area contributed by atoms with Crippen LogP contribution < -0.4 is 10.6 Å². The minimum Gasteiger partial charge on any atom is -0.352 e. The van der Waals surface area contributed by atoms with E-state index in [4.69, 9.17) is 23.2 Å². The molecular weight excluding hydrogens is 457 g/mol. The monoisotopic (exact) mass is 485 g/mol. The SMILES string of the molecule is O=C(CN(C1CCCC1)C1(Cc2cccc(Cl)c2)C(=O)Nc2cc(Cl)ccc21)NC1CCC1. The molecule has 1 atom stereocenters. The van der Waals surface area contributed by atoms with Gasteiger partial charge >= 0.3 is 0 Å². The lowest BCUT2D eigenvalue weighted by Crippen LogP contribution is -2.59. The van der Waals surface area contributed by atoms with E-state index >= 15 is 0 Å². The summed E-state index contributed by atoms with van der Waals surface area (Å²) in [5.41, 5.74) is 1.55. The Morgan fingerprint density at radius 2 is 1.79 bits per heavy atom. The molecule has 33 heavy (non-hydrogen) atoms. The molecule has 2 amide bonds. The fraction of sp³-hybridized carbons (Fsp3) is 0.462. The molecule has 0 bridgehead atoms. The van der Waals surface area contributed by atoms with Crippen molar-refractivity contribution >= 4 is 40.7 Å². The smallest absolute Gasteiger partial charge is 0.249 e. The average molecular weight is 486 g/mol. The maximum Gasteiger partial charge on any atom is 0.249 e. The zero-order valence-electron chi connectivity index (χ0n) is 18.6. The number of carbonyl (C=O) groups excluding carboxylic acids is 2. The molecular formula is C26H29Cl2N3O2. The second kappa shape index (κ2) is 9.28. The van der Waals surface area contributed by atoms with Crippen LogP contribution >= 0.6 is 23.2 Å². The Hall–Kier alpha value is -2.08. The highest BCUT2D eigenvalue weighted by atomic mass is 35.5. The van der Waals surface area contributed by atoms with Crippen LogP contribution in [0.15, 0.2) is 42.5 Å². The number of hydrogen-bond donors (Lipinski definition) is 2. The van der Waals surface area contributed by atoms with Gasteiger partial charge in [0, 0.05) is 39.8 Å². The third-order valence-electron chi connectivity index (χ3n) is 7.44. The highest BCUT2D eigenvalue weighted by Gasteiger charge is 2.54. The molecule has 0 radical (unpaired) electrons. The van der Waals surface area contributed by atoms with E-state index in [-0.39, 0.29) is 30.4 Å². The average Bonchev–Trinajstić information content (AvgIpc) is 3.36. The van der Waals surface area contributed by atoms with Crippen molar-refractivity contribution in [2.24, 2.45) is 0 Å². The minimum atomic E-state index is -1.00. The van der Waals surface area contributed by atoms with Gasteiger partial charge < -0.3 is 10.6 Å². The lowest BCUT2D eigenvalue weighted by atomic mass is 9.81. The highest BCUT2D eigenvalue weighted by molar-refractivity contribution is 6.31. The summed E-state index contributed by atoms with van der Waals surface area (Å²) in [7, 11) is 0. The first kappa shape index (κ1) is 22.7. The van der Waals surface area contributed by atoms with Crippen LogP contribution in [-0.4, -0.2) is 35.3 Å². The van der Waals surface area contributed by atoms with Crippen LogP contribution in [0.25, 0.3) is 0 Å². The molecule has 2 aromatic rings. The van der Waals surface area contributed by atoms with Gasteiger partial charge in [0.15, 0.2) is 0 Å². The Kier molecular flexibility index (Phi) is 6.39. The van der Waals surface area contributed by atoms with Crippen molar-refractivity contribution in [2.75, 3.05) is 11.9 Å². The number of nitrogens with one attached hydrogen (secondary N) is 2. The third kappa shape index (κ3) is 4.39. The molecule has 2 aromatic carbocycles. The summed E-state index contributed by atoms with van der Waals surface area (Å²) in [4.78, 5) is 29.2. The summed E-state index contributed by atoms with van der Waals surface area (Å²) < 4.78 is 0. The number of anilines is 1. The van der Waals surface area contributed by atoms with E-state index in [0.717, 1.165) is 61.8 Å². The van der Waals surface area contributed by atoms with E-state index < -0.39 is 5.54 Å². The lowest BCUT2D eigenvalue weighted by Gasteiger charge is -2.43. The summed E-state index contributed by atoms with van der Waals surface area (Å²) in [5, 5.41) is 7.46. The van der Waals surface area contributed by atoms with Crippen molar-refractivity contribution in [2.45, 2.75) is 69.0 Å². The molecule has 5 nitrogen and oxygen atoms in total. The van der Waals surface area contributed by atoms with E-state index in [2.05, 4.69) is 15.5 Å². The largest absolute Gasteiger partial charge is 0.352 e. The molecule has 3 aliphatic rings. The van der Waals surface area contributed by atoms with Gasteiger partial charge in [0.2, 0.25) is 11.8 Å². The summed E-state index contributed by atoms with van der Waals surface area (Å²) in [6, 6.07) is 13.6. The summed E-state index contributed by atoms with van der Waals surface area (Å²) in [5.74, 6) is -0.115. The first-order valence-corrected chi connectivity index (χ1v) is 12.6. The summed E-state index contributed by atoms with van der Waals surface area (Å²) >= 11 is 12.6. The van der Waals surface area contributed by atoms with E-state index in [1.807, 2.05) is 36.4 Å². The second-order valence-corrected chi connectivity index (χ2v) is 10.4. The predicted molar refractivity (Wildman–Crippen MR) is 132 cm³/mol. The molecule has 0 spiro atoms. The number of halogens is 2. The number of nitrogens with zero attached hydrogens (tertiary/aromatic N) is 1. The van der Waals surface area contributed by atoms with Crippen LogP contribution in [-0.2, 0) is 21.5 Å². The standard InChI is InChI=1S/C26H29Cl2N3O2/c27-18-6-3-5-17(13-18)15-26(22-12-11-19(28)14-23(22)30-25(26)33)31(21-9-1-2-10-21)16-24(32)29-20-7-4-8-20/h3,5-6,11-14,20-21H,1-2,4,7-10,15-16H2,(H,29,32)(H,30,33). The molecule has 1 unspecified atom stereocenters. The minimum absolute atomic E-state index is 0.00715. The van der Waals surface area contributed by atoms with E-state index in [1.165, 1.54) is 0 Å². The fourth-order valence-electron chi connectivity index (χ4n) is 5.61. The topological polar surface area (TPSA) is 61.4 Å². The quantitative estimate of drug-likeness (QED) is 0.559. The first-order chi connectivity index (χ1) is 16.0. The molecule has 1 heterocycles. The van der Waals surface area contributed by atoms with E-state index in [1.54, 1.807) is 6.07 Å². The highest BCUT2D eigenvalue weighted by Crippen LogP contribution is 2.46. The number of amides is 2. The Morgan fingerprint density at radius 1 is 1.03 bits per heavy atom. The Bertz CT molecular complexity index is 1070. The molecule has 174 valence electrons. The van der Waals surface area contributed by atoms with Gasteiger partial charge in [0.1, 0.15) is 5.54 Å². The van der Waals surface area contributed by atoms with Crippen LogP contribution in [0.4, 0.5) is 5.69 Å². The van der Waals surface area contributed by atoms with Gasteiger partial charge in [-0.2, -0.15) is 0 Å². The molecule has 0 aromatic heterocycles. The molecule has 1 aliphatic heterocycles. The van der Waals surface area contributed by atoms with Crippen molar-refractivity contribution in [3.63, 3.8) is 0 Å². The van der Waals surface area contributed by atoms with E-state index in [0.29, 0.717) is 16.5 Å².